The Bertz CT molecular complexity index is 685. The molecule has 2 rings (SSSR count). The number of rotatable bonds is 4. The van der Waals surface area contributed by atoms with Gasteiger partial charge < -0.3 is 15.8 Å². The van der Waals surface area contributed by atoms with Gasteiger partial charge in [-0.15, -0.1) is 0 Å². The Morgan fingerprint density at radius 1 is 1.38 bits per heavy atom. The monoisotopic (exact) mass is 288 g/mol. The zero-order valence-electron chi connectivity index (χ0n) is 11.1. The number of non-ortho nitro benzene ring substituents is 1. The number of nitrogens with two attached hydrogens (primary N) is 1. The molecule has 8 heteroatoms. The Kier molecular flexibility index (Phi) is 3.98. The van der Waals surface area contributed by atoms with Gasteiger partial charge in [-0.25, -0.2) is 4.98 Å². The fourth-order valence-electron chi connectivity index (χ4n) is 1.62. The van der Waals surface area contributed by atoms with Crippen LogP contribution in [-0.4, -0.2) is 22.9 Å². The Hall–Kier alpha value is -3.16. The molecular formula is C13H12N4O4. The number of nitrogens with zero attached hydrogens (tertiary/aromatic N) is 2. The van der Waals surface area contributed by atoms with Crippen LogP contribution in [0.2, 0.25) is 0 Å². The normalized spacial score (nSPS) is 9.95. The van der Waals surface area contributed by atoms with E-state index in [2.05, 4.69) is 10.3 Å². The smallest absolute Gasteiger partial charge is 0.274 e. The van der Waals surface area contributed by atoms with Gasteiger partial charge in [0.15, 0.2) is 0 Å². The quantitative estimate of drug-likeness (QED) is 0.654. The van der Waals surface area contributed by atoms with E-state index in [1.165, 1.54) is 37.6 Å². The number of ether oxygens (including phenoxy) is 1. The number of methoxy groups -OCH3 is 1. The predicted octanol–water partition coefficient (Wildman–Crippen LogP) is 1.83. The zero-order chi connectivity index (χ0) is 15.4. The van der Waals surface area contributed by atoms with E-state index in [4.69, 9.17) is 10.5 Å². The first-order chi connectivity index (χ1) is 10.0. The van der Waals surface area contributed by atoms with E-state index in [0.717, 1.165) is 0 Å². The van der Waals surface area contributed by atoms with E-state index in [0.29, 0.717) is 11.4 Å². The van der Waals surface area contributed by atoms with Crippen LogP contribution < -0.4 is 15.8 Å². The van der Waals surface area contributed by atoms with Gasteiger partial charge in [0.05, 0.1) is 35.7 Å². The fourth-order valence-corrected chi connectivity index (χ4v) is 1.62. The van der Waals surface area contributed by atoms with Crippen LogP contribution in [0, 0.1) is 10.1 Å². The summed E-state index contributed by atoms with van der Waals surface area (Å²) in [6.07, 6.45) is 1.36. The molecule has 0 unspecified atom stereocenters. The van der Waals surface area contributed by atoms with Crippen molar-refractivity contribution >= 4 is 23.0 Å². The summed E-state index contributed by atoms with van der Waals surface area (Å²) in [5.74, 6) is -0.282. The Balaban J connectivity index is 2.24. The molecule has 0 aliphatic carbocycles. The van der Waals surface area contributed by atoms with Crippen molar-refractivity contribution < 1.29 is 14.5 Å². The van der Waals surface area contributed by atoms with Crippen molar-refractivity contribution in [2.45, 2.75) is 0 Å². The van der Waals surface area contributed by atoms with Crippen molar-refractivity contribution in [3.63, 3.8) is 0 Å². The van der Waals surface area contributed by atoms with Gasteiger partial charge in [0, 0.05) is 6.07 Å². The van der Waals surface area contributed by atoms with Crippen molar-refractivity contribution in [3.05, 3.63) is 52.3 Å². The second kappa shape index (κ2) is 5.87. The average molecular weight is 288 g/mol. The molecule has 1 amide bonds. The number of nitrogen functional groups attached to an aromatic ring is 1. The number of hydrogen-bond acceptors (Lipinski definition) is 6. The van der Waals surface area contributed by atoms with Crippen LogP contribution in [0.25, 0.3) is 0 Å². The lowest BCUT2D eigenvalue weighted by Crippen LogP contribution is -2.14. The third-order valence-electron chi connectivity index (χ3n) is 2.66. The lowest BCUT2D eigenvalue weighted by Gasteiger charge is -2.09. The molecule has 108 valence electrons. The number of aromatic nitrogens is 1. The third kappa shape index (κ3) is 3.24. The Morgan fingerprint density at radius 3 is 2.71 bits per heavy atom. The minimum Gasteiger partial charge on any atom is -0.494 e. The standard InChI is InChI=1S/C13H12N4O4/c1-21-12-6-9(17(19)20)3-5-10(12)16-13(18)11-4-2-8(14)7-15-11/h2-7H,14H2,1H3,(H,16,18). The van der Waals surface area contributed by atoms with Gasteiger partial charge >= 0.3 is 0 Å². The SMILES string of the molecule is COc1cc([N+](=O)[O-])ccc1NC(=O)c1ccc(N)cn1. The van der Waals surface area contributed by atoms with Crippen molar-refractivity contribution in [2.75, 3.05) is 18.2 Å². The van der Waals surface area contributed by atoms with Crippen LogP contribution in [0.1, 0.15) is 10.5 Å². The highest BCUT2D eigenvalue weighted by atomic mass is 16.6. The molecule has 0 atom stereocenters. The van der Waals surface area contributed by atoms with Crippen LogP contribution in [0.5, 0.6) is 5.75 Å². The Labute approximate surface area is 119 Å². The summed E-state index contributed by atoms with van der Waals surface area (Å²) in [7, 11) is 1.36. The van der Waals surface area contributed by atoms with Crippen molar-refractivity contribution in [1.82, 2.24) is 4.98 Å². The lowest BCUT2D eigenvalue weighted by atomic mass is 10.2. The van der Waals surface area contributed by atoms with Gasteiger partial charge in [-0.05, 0) is 18.2 Å². The van der Waals surface area contributed by atoms with Crippen molar-refractivity contribution in [2.24, 2.45) is 0 Å². The van der Waals surface area contributed by atoms with Crippen molar-refractivity contribution in [3.8, 4) is 5.75 Å². The molecule has 0 saturated carbocycles. The fraction of sp³-hybridized carbons (Fsp3) is 0.0769. The molecule has 0 spiro atoms. The number of anilines is 2. The van der Waals surface area contributed by atoms with Gasteiger partial charge in [-0.3, -0.25) is 14.9 Å². The molecule has 0 radical (unpaired) electrons. The van der Waals surface area contributed by atoms with Crippen LogP contribution in [0.15, 0.2) is 36.5 Å². The second-order valence-electron chi connectivity index (χ2n) is 4.07. The van der Waals surface area contributed by atoms with Crippen molar-refractivity contribution in [1.29, 1.82) is 0 Å². The number of pyridine rings is 1. The number of nitro groups is 1. The summed E-state index contributed by atoms with van der Waals surface area (Å²) in [5, 5.41) is 13.3. The highest BCUT2D eigenvalue weighted by molar-refractivity contribution is 6.03. The highest BCUT2D eigenvalue weighted by Crippen LogP contribution is 2.29. The zero-order valence-corrected chi connectivity index (χ0v) is 11.1. The van der Waals surface area contributed by atoms with Gasteiger partial charge in [0.25, 0.3) is 11.6 Å². The summed E-state index contributed by atoms with van der Waals surface area (Å²) in [6.45, 7) is 0. The second-order valence-corrected chi connectivity index (χ2v) is 4.07. The Morgan fingerprint density at radius 2 is 2.14 bits per heavy atom. The molecule has 0 aliphatic rings. The summed E-state index contributed by atoms with van der Waals surface area (Å²) >= 11 is 0. The molecule has 1 aromatic heterocycles. The number of nitrogens with one attached hydrogen (secondary N) is 1. The maximum atomic E-state index is 12.0. The first-order valence-electron chi connectivity index (χ1n) is 5.86. The van der Waals surface area contributed by atoms with E-state index in [9.17, 15) is 14.9 Å². The van der Waals surface area contributed by atoms with E-state index in [1.54, 1.807) is 6.07 Å². The first kappa shape index (κ1) is 14.3. The molecule has 21 heavy (non-hydrogen) atoms. The van der Waals surface area contributed by atoms with Gasteiger partial charge in [0.2, 0.25) is 0 Å². The van der Waals surface area contributed by atoms with Crippen LogP contribution >= 0.6 is 0 Å². The first-order valence-corrected chi connectivity index (χ1v) is 5.86. The average Bonchev–Trinajstić information content (AvgIpc) is 2.48. The molecule has 0 aliphatic heterocycles. The van der Waals surface area contributed by atoms with Gasteiger partial charge in [-0.2, -0.15) is 0 Å². The largest absolute Gasteiger partial charge is 0.494 e. The summed E-state index contributed by atoms with van der Waals surface area (Å²) < 4.78 is 5.03. The highest BCUT2D eigenvalue weighted by Gasteiger charge is 2.14. The predicted molar refractivity (Wildman–Crippen MR) is 76.3 cm³/mol. The molecule has 8 nitrogen and oxygen atoms in total. The number of nitro benzene ring substituents is 1. The van der Waals surface area contributed by atoms with E-state index < -0.39 is 10.8 Å². The molecule has 1 aromatic carbocycles. The molecule has 1 heterocycles. The summed E-state index contributed by atoms with van der Waals surface area (Å²) in [6, 6.07) is 6.92. The van der Waals surface area contributed by atoms with Crippen LogP contribution in [0.3, 0.4) is 0 Å². The number of benzene rings is 1. The van der Waals surface area contributed by atoms with Crippen LogP contribution in [0.4, 0.5) is 17.1 Å². The van der Waals surface area contributed by atoms with Gasteiger partial charge in [-0.1, -0.05) is 0 Å². The summed E-state index contributed by atoms with van der Waals surface area (Å²) in [5.41, 5.74) is 6.29. The molecule has 0 saturated heterocycles. The van der Waals surface area contributed by atoms with E-state index in [1.807, 2.05) is 0 Å². The maximum Gasteiger partial charge on any atom is 0.274 e. The van der Waals surface area contributed by atoms with E-state index >= 15 is 0 Å². The molecule has 0 bridgehead atoms. The third-order valence-corrected chi connectivity index (χ3v) is 2.66. The molecular weight excluding hydrogens is 276 g/mol. The number of carbonyl (C=O) groups is 1. The molecule has 2 aromatic rings. The minimum atomic E-state index is -0.546. The number of hydrogen-bond donors (Lipinski definition) is 2. The van der Waals surface area contributed by atoms with Crippen LogP contribution in [-0.2, 0) is 0 Å². The minimum absolute atomic E-state index is 0.129. The molecule has 3 N–H and O–H groups in total. The maximum absolute atomic E-state index is 12.0. The topological polar surface area (TPSA) is 120 Å². The summed E-state index contributed by atoms with van der Waals surface area (Å²) in [4.78, 5) is 26.0. The number of carbonyl (C=O) groups excluding carboxylic acids is 1. The van der Waals surface area contributed by atoms with E-state index in [-0.39, 0.29) is 17.1 Å². The lowest BCUT2D eigenvalue weighted by molar-refractivity contribution is -0.384. The number of amides is 1. The molecule has 0 fully saturated rings. The van der Waals surface area contributed by atoms with Gasteiger partial charge in [0.1, 0.15) is 11.4 Å².